The Hall–Kier alpha value is -3.75. The third kappa shape index (κ3) is 5.82. The highest BCUT2D eigenvalue weighted by molar-refractivity contribution is 6.08. The molecule has 0 bridgehead atoms. The minimum absolute atomic E-state index is 0.0218. The molecule has 3 amide bonds. The Morgan fingerprint density at radius 2 is 1.74 bits per heavy atom. The lowest BCUT2D eigenvalue weighted by molar-refractivity contribution is 0.0944. The van der Waals surface area contributed by atoms with Crippen LogP contribution in [0, 0.1) is 16.6 Å². The summed E-state index contributed by atoms with van der Waals surface area (Å²) in [5.74, 6) is -0.352. The first-order chi connectivity index (χ1) is 18.8. The molecule has 9 heteroatoms. The van der Waals surface area contributed by atoms with Gasteiger partial charge in [-0.1, -0.05) is 18.2 Å². The second-order valence-electron chi connectivity index (χ2n) is 10.9. The van der Waals surface area contributed by atoms with E-state index in [1.54, 1.807) is 21.9 Å². The summed E-state index contributed by atoms with van der Waals surface area (Å²) in [6.45, 7) is 5.00. The van der Waals surface area contributed by atoms with Crippen molar-refractivity contribution >= 4 is 23.6 Å². The van der Waals surface area contributed by atoms with Crippen LogP contribution in [0.3, 0.4) is 0 Å². The number of hydrogen-bond donors (Lipinski definition) is 3. The Morgan fingerprint density at radius 3 is 2.51 bits per heavy atom. The first kappa shape index (κ1) is 26.8. The molecule has 3 heterocycles. The Labute approximate surface area is 229 Å². The summed E-state index contributed by atoms with van der Waals surface area (Å²) in [6.07, 6.45) is 13.6. The van der Waals surface area contributed by atoms with Gasteiger partial charge in [0, 0.05) is 44.7 Å². The second-order valence-corrected chi connectivity index (χ2v) is 10.9. The molecule has 1 aromatic carbocycles. The van der Waals surface area contributed by atoms with Gasteiger partial charge in [-0.25, -0.2) is 9.18 Å². The van der Waals surface area contributed by atoms with Crippen molar-refractivity contribution in [2.24, 2.45) is 0 Å². The molecule has 1 unspecified atom stereocenters. The van der Waals surface area contributed by atoms with Crippen LogP contribution in [0.2, 0.25) is 0 Å². The number of carbonyl (C=O) groups excluding carboxylic acids is 2. The number of fused-ring (bicyclic) bond motifs is 1. The zero-order valence-corrected chi connectivity index (χ0v) is 22.6. The topological polar surface area (TPSA) is 104 Å². The number of urea groups is 1. The molecule has 0 radical (unpaired) electrons. The van der Waals surface area contributed by atoms with Crippen molar-refractivity contribution in [3.05, 3.63) is 70.1 Å². The molecule has 4 aliphatic rings. The number of nitrogens with zero attached hydrogens (tertiary/aromatic N) is 3. The first-order valence-electron chi connectivity index (χ1n) is 14.0. The van der Waals surface area contributed by atoms with Crippen molar-refractivity contribution in [2.45, 2.75) is 64.5 Å². The number of hydrogen-bond acceptors (Lipinski definition) is 4. The standard InChI is InChI=1S/C30H37FN6O2/c1-20-16-22(28(33)37-14-6-3-10-27(37)32)8-7-9-26(20)34-29(38)24-17-23-19-36(15-11-21(23)18-25(24)31)30(39)35-12-4-2-5-13-35/h7-9,16-18,26,32-33H,2-6,10-15,19H2,1H3,(H,34,38). The largest absolute Gasteiger partial charge is 0.342 e. The normalized spacial score (nSPS) is 21.5. The van der Waals surface area contributed by atoms with E-state index >= 15 is 4.39 Å². The van der Waals surface area contributed by atoms with Crippen LogP contribution in [0.15, 0.2) is 47.6 Å². The Balaban J connectivity index is 1.27. The summed E-state index contributed by atoms with van der Waals surface area (Å²) in [4.78, 5) is 31.7. The van der Waals surface area contributed by atoms with Gasteiger partial charge < -0.3 is 20.0 Å². The Bertz CT molecular complexity index is 1280. The smallest absolute Gasteiger partial charge is 0.320 e. The van der Waals surface area contributed by atoms with Gasteiger partial charge in [0.2, 0.25) is 0 Å². The van der Waals surface area contributed by atoms with Crippen molar-refractivity contribution in [2.75, 3.05) is 26.2 Å². The van der Waals surface area contributed by atoms with Crippen molar-refractivity contribution in [3.63, 3.8) is 0 Å². The monoisotopic (exact) mass is 532 g/mol. The second kappa shape index (κ2) is 11.6. The average molecular weight is 533 g/mol. The summed E-state index contributed by atoms with van der Waals surface area (Å²) in [5.41, 5.74) is 3.10. The van der Waals surface area contributed by atoms with E-state index in [4.69, 9.17) is 10.8 Å². The maximum atomic E-state index is 15.1. The van der Waals surface area contributed by atoms with Gasteiger partial charge in [-0.05, 0) is 80.4 Å². The lowest BCUT2D eigenvalue weighted by Gasteiger charge is -2.35. The molecule has 8 nitrogen and oxygen atoms in total. The molecule has 3 N–H and O–H groups in total. The molecule has 0 aromatic heterocycles. The highest BCUT2D eigenvalue weighted by atomic mass is 19.1. The molecule has 5 rings (SSSR count). The molecular weight excluding hydrogens is 495 g/mol. The number of allylic oxidation sites excluding steroid dienone is 2. The van der Waals surface area contributed by atoms with Gasteiger partial charge in [0.25, 0.3) is 5.91 Å². The predicted molar refractivity (Wildman–Crippen MR) is 150 cm³/mol. The number of likely N-dealkylation sites (tertiary alicyclic amines) is 2. The average Bonchev–Trinajstić information content (AvgIpc) is 3.13. The quantitative estimate of drug-likeness (QED) is 0.386. The van der Waals surface area contributed by atoms with Gasteiger partial charge in [-0.3, -0.25) is 15.6 Å². The fraction of sp³-hybridized carbons (Fsp3) is 0.467. The lowest BCUT2D eigenvalue weighted by atomic mass is 9.96. The van der Waals surface area contributed by atoms with E-state index in [0.29, 0.717) is 43.9 Å². The summed E-state index contributed by atoms with van der Waals surface area (Å²) in [6, 6.07) is 2.59. The number of rotatable bonds is 3. The molecular formula is C30H37FN6O2. The van der Waals surface area contributed by atoms with Crippen LogP contribution in [0.4, 0.5) is 9.18 Å². The van der Waals surface area contributed by atoms with E-state index in [1.807, 2.05) is 30.1 Å². The summed E-state index contributed by atoms with van der Waals surface area (Å²) in [7, 11) is 0. The van der Waals surface area contributed by atoms with Gasteiger partial charge in [-0.15, -0.1) is 0 Å². The zero-order valence-electron chi connectivity index (χ0n) is 22.6. The number of piperidine rings is 2. The van der Waals surface area contributed by atoms with Gasteiger partial charge in [0.15, 0.2) is 0 Å². The van der Waals surface area contributed by atoms with Crippen LogP contribution >= 0.6 is 0 Å². The molecule has 2 fully saturated rings. The van der Waals surface area contributed by atoms with E-state index in [1.165, 1.54) is 6.07 Å². The molecule has 1 atom stereocenters. The van der Waals surface area contributed by atoms with Gasteiger partial charge >= 0.3 is 6.03 Å². The fourth-order valence-electron chi connectivity index (χ4n) is 5.77. The highest BCUT2D eigenvalue weighted by Gasteiger charge is 2.28. The summed E-state index contributed by atoms with van der Waals surface area (Å²) >= 11 is 0. The summed E-state index contributed by atoms with van der Waals surface area (Å²) in [5, 5.41) is 19.8. The van der Waals surface area contributed by atoms with E-state index in [0.717, 1.165) is 61.9 Å². The van der Waals surface area contributed by atoms with Crippen molar-refractivity contribution in [1.82, 2.24) is 20.0 Å². The Kier molecular flexibility index (Phi) is 7.95. The van der Waals surface area contributed by atoms with Gasteiger partial charge in [0.1, 0.15) is 17.5 Å². The van der Waals surface area contributed by atoms with E-state index in [2.05, 4.69) is 5.32 Å². The third-order valence-corrected chi connectivity index (χ3v) is 8.10. The molecule has 0 spiro atoms. The minimum Gasteiger partial charge on any atom is -0.342 e. The SMILES string of the molecule is CC1=CC(C(=N)N2CCCCC2=N)=CC=CC1NC(=O)c1cc2c(cc1F)CCN(C(=O)N1CCCCC1)C2. The number of amides is 3. The van der Waals surface area contributed by atoms with Crippen LogP contribution in [0.5, 0.6) is 0 Å². The minimum atomic E-state index is -0.564. The number of nitrogens with one attached hydrogen (secondary N) is 3. The highest BCUT2D eigenvalue weighted by Crippen LogP contribution is 2.25. The van der Waals surface area contributed by atoms with E-state index in [-0.39, 0.29) is 17.4 Å². The zero-order chi connectivity index (χ0) is 27.5. The van der Waals surface area contributed by atoms with Gasteiger partial charge in [-0.2, -0.15) is 0 Å². The van der Waals surface area contributed by atoms with E-state index < -0.39 is 17.8 Å². The molecule has 3 aliphatic heterocycles. The summed E-state index contributed by atoms with van der Waals surface area (Å²) < 4.78 is 15.1. The van der Waals surface area contributed by atoms with Crippen molar-refractivity contribution in [3.8, 4) is 0 Å². The van der Waals surface area contributed by atoms with E-state index in [9.17, 15) is 9.59 Å². The maximum absolute atomic E-state index is 15.1. The number of amidine groups is 2. The van der Waals surface area contributed by atoms with Crippen LogP contribution in [0.25, 0.3) is 0 Å². The van der Waals surface area contributed by atoms with Gasteiger partial charge in [0.05, 0.1) is 11.6 Å². The molecule has 206 valence electrons. The van der Waals surface area contributed by atoms with Crippen LogP contribution in [-0.4, -0.2) is 70.5 Å². The number of benzene rings is 1. The molecule has 39 heavy (non-hydrogen) atoms. The third-order valence-electron chi connectivity index (χ3n) is 8.10. The molecule has 1 aliphatic carbocycles. The fourth-order valence-corrected chi connectivity index (χ4v) is 5.77. The van der Waals surface area contributed by atoms with Crippen LogP contribution in [0.1, 0.15) is 66.9 Å². The van der Waals surface area contributed by atoms with Crippen LogP contribution < -0.4 is 5.32 Å². The lowest BCUT2D eigenvalue weighted by Crippen LogP contribution is -2.47. The molecule has 0 saturated carbocycles. The van der Waals surface area contributed by atoms with Crippen LogP contribution in [-0.2, 0) is 13.0 Å². The molecule has 2 saturated heterocycles. The number of halogens is 1. The molecule has 1 aromatic rings. The van der Waals surface area contributed by atoms with Crippen molar-refractivity contribution < 1.29 is 14.0 Å². The van der Waals surface area contributed by atoms with Crippen molar-refractivity contribution in [1.29, 1.82) is 10.8 Å². The predicted octanol–water partition coefficient (Wildman–Crippen LogP) is 4.77. The Morgan fingerprint density at radius 1 is 0.974 bits per heavy atom. The first-order valence-corrected chi connectivity index (χ1v) is 14.0. The maximum Gasteiger partial charge on any atom is 0.320 e. The number of carbonyl (C=O) groups is 2.